The summed E-state index contributed by atoms with van der Waals surface area (Å²) in [5.74, 6) is 2.27. The summed E-state index contributed by atoms with van der Waals surface area (Å²) in [6.45, 7) is 3.70. The monoisotopic (exact) mass is 301 g/mol. The minimum absolute atomic E-state index is 0.689. The van der Waals surface area contributed by atoms with E-state index < -0.39 is 0 Å². The van der Waals surface area contributed by atoms with Crippen LogP contribution >= 0.6 is 11.6 Å². The van der Waals surface area contributed by atoms with Gasteiger partial charge in [-0.1, -0.05) is 17.7 Å². The number of halogens is 1. The first-order chi connectivity index (χ1) is 10.2. The van der Waals surface area contributed by atoms with Crippen molar-refractivity contribution in [2.24, 2.45) is 4.99 Å². The Bertz CT molecular complexity index is 668. The molecule has 1 aliphatic rings. The number of nitrogens with zero attached hydrogens (tertiary/aromatic N) is 1. The van der Waals surface area contributed by atoms with Gasteiger partial charge in [-0.15, -0.1) is 0 Å². The highest BCUT2D eigenvalue weighted by molar-refractivity contribution is 6.30. The summed E-state index contributed by atoms with van der Waals surface area (Å²) >= 11 is 5.89. The topological polar surface area (TPSA) is 45.6 Å². The van der Waals surface area contributed by atoms with E-state index in [4.69, 9.17) is 16.3 Å². The van der Waals surface area contributed by atoms with Gasteiger partial charge in [-0.3, -0.25) is 4.99 Å². The van der Waals surface area contributed by atoms with E-state index in [9.17, 15) is 0 Å². The molecule has 0 fully saturated rings. The predicted molar refractivity (Wildman–Crippen MR) is 86.6 cm³/mol. The van der Waals surface area contributed by atoms with Crippen LogP contribution in [0.2, 0.25) is 5.02 Å². The molecule has 0 amide bonds. The fourth-order valence-electron chi connectivity index (χ4n) is 2.07. The zero-order valence-corrected chi connectivity index (χ0v) is 12.4. The number of hydrogen-bond acceptors (Lipinski definition) is 4. The number of aryl methyl sites for hydroxylation is 1. The molecule has 0 unspecified atom stereocenters. The molecule has 0 atom stereocenters. The smallest absolute Gasteiger partial charge is 0.196 e. The molecule has 3 rings (SSSR count). The lowest BCUT2D eigenvalue weighted by atomic mass is 10.2. The molecule has 0 spiro atoms. The molecule has 21 heavy (non-hydrogen) atoms. The summed E-state index contributed by atoms with van der Waals surface area (Å²) in [7, 11) is 0. The van der Waals surface area contributed by atoms with Crippen molar-refractivity contribution in [1.29, 1.82) is 0 Å². The van der Waals surface area contributed by atoms with Gasteiger partial charge in [0.15, 0.2) is 11.7 Å². The van der Waals surface area contributed by atoms with Crippen LogP contribution in [-0.2, 0) is 0 Å². The Morgan fingerprint density at radius 2 is 2.00 bits per heavy atom. The van der Waals surface area contributed by atoms with Crippen LogP contribution in [0.25, 0.3) is 0 Å². The summed E-state index contributed by atoms with van der Waals surface area (Å²) in [4.78, 5) is 4.34. The SMILES string of the molecule is Cc1ccc(Oc2ccc(Cl)cc2)c(NC2=NCCN2)c1. The van der Waals surface area contributed by atoms with E-state index in [1.165, 1.54) is 0 Å². The summed E-state index contributed by atoms with van der Waals surface area (Å²) in [5, 5.41) is 7.15. The second-order valence-electron chi connectivity index (χ2n) is 4.84. The lowest BCUT2D eigenvalue weighted by Crippen LogP contribution is -2.26. The normalized spacial score (nSPS) is 13.5. The minimum Gasteiger partial charge on any atom is -0.455 e. The Morgan fingerprint density at radius 1 is 1.19 bits per heavy atom. The second kappa shape index (κ2) is 6.06. The van der Waals surface area contributed by atoms with Gasteiger partial charge in [-0.2, -0.15) is 0 Å². The number of aliphatic imine (C=N–C) groups is 1. The number of rotatable bonds is 3. The fraction of sp³-hybridized carbons (Fsp3) is 0.188. The van der Waals surface area contributed by atoms with Crippen molar-refractivity contribution in [3.05, 3.63) is 53.1 Å². The molecule has 5 heteroatoms. The average Bonchev–Trinajstić information content (AvgIpc) is 2.97. The van der Waals surface area contributed by atoms with Crippen molar-refractivity contribution in [1.82, 2.24) is 5.32 Å². The Kier molecular flexibility index (Phi) is 3.97. The molecule has 2 N–H and O–H groups in total. The second-order valence-corrected chi connectivity index (χ2v) is 5.27. The van der Waals surface area contributed by atoms with Crippen LogP contribution in [0.15, 0.2) is 47.5 Å². The van der Waals surface area contributed by atoms with E-state index in [-0.39, 0.29) is 0 Å². The Balaban J connectivity index is 1.84. The summed E-state index contributed by atoms with van der Waals surface area (Å²) in [6.07, 6.45) is 0. The highest BCUT2D eigenvalue weighted by atomic mass is 35.5. The minimum atomic E-state index is 0.689. The van der Waals surface area contributed by atoms with Crippen molar-refractivity contribution in [3.63, 3.8) is 0 Å². The number of ether oxygens (including phenoxy) is 1. The van der Waals surface area contributed by atoms with E-state index in [1.807, 2.05) is 37.3 Å². The van der Waals surface area contributed by atoms with Gasteiger partial charge in [0.1, 0.15) is 5.75 Å². The maximum atomic E-state index is 5.93. The number of guanidine groups is 1. The van der Waals surface area contributed by atoms with Crippen LogP contribution in [0.1, 0.15) is 5.56 Å². The van der Waals surface area contributed by atoms with Crippen LogP contribution in [0.3, 0.4) is 0 Å². The van der Waals surface area contributed by atoms with Crippen LogP contribution in [0, 0.1) is 6.92 Å². The molecule has 0 aliphatic carbocycles. The van der Waals surface area contributed by atoms with Gasteiger partial charge in [-0.05, 0) is 48.9 Å². The van der Waals surface area contributed by atoms with E-state index in [2.05, 4.69) is 15.6 Å². The van der Waals surface area contributed by atoms with E-state index >= 15 is 0 Å². The first kappa shape index (κ1) is 13.8. The predicted octanol–water partition coefficient (Wildman–Crippen LogP) is 3.81. The third-order valence-electron chi connectivity index (χ3n) is 3.10. The third-order valence-corrected chi connectivity index (χ3v) is 3.36. The first-order valence-electron chi connectivity index (χ1n) is 6.80. The summed E-state index contributed by atoms with van der Waals surface area (Å²) < 4.78 is 5.93. The van der Waals surface area contributed by atoms with E-state index in [0.29, 0.717) is 5.02 Å². The largest absolute Gasteiger partial charge is 0.455 e. The molecule has 0 saturated heterocycles. The third kappa shape index (κ3) is 3.47. The van der Waals surface area contributed by atoms with Gasteiger partial charge in [-0.25, -0.2) is 0 Å². The lowest BCUT2D eigenvalue weighted by molar-refractivity contribution is 0.485. The van der Waals surface area contributed by atoms with Crippen LogP contribution in [0.5, 0.6) is 11.5 Å². The number of hydrogen-bond donors (Lipinski definition) is 2. The zero-order valence-electron chi connectivity index (χ0n) is 11.7. The quantitative estimate of drug-likeness (QED) is 0.906. The summed E-state index contributed by atoms with van der Waals surface area (Å²) in [6, 6.07) is 13.3. The van der Waals surface area contributed by atoms with Crippen LogP contribution in [0.4, 0.5) is 5.69 Å². The Hall–Kier alpha value is -2.20. The van der Waals surface area contributed by atoms with Crippen molar-refractivity contribution in [2.75, 3.05) is 18.4 Å². The summed E-state index contributed by atoms with van der Waals surface area (Å²) in [5.41, 5.74) is 2.04. The number of nitrogens with one attached hydrogen (secondary N) is 2. The molecule has 2 aromatic rings. The molecule has 0 saturated carbocycles. The maximum absolute atomic E-state index is 5.93. The van der Waals surface area contributed by atoms with Crippen molar-refractivity contribution in [2.45, 2.75) is 6.92 Å². The zero-order chi connectivity index (χ0) is 14.7. The molecule has 0 bridgehead atoms. The van der Waals surface area contributed by atoms with Crippen LogP contribution < -0.4 is 15.4 Å². The molecule has 1 heterocycles. The van der Waals surface area contributed by atoms with Gasteiger partial charge in [0.2, 0.25) is 0 Å². The number of benzene rings is 2. The van der Waals surface area contributed by atoms with Gasteiger partial charge < -0.3 is 15.4 Å². The Labute approximate surface area is 128 Å². The Morgan fingerprint density at radius 3 is 2.71 bits per heavy atom. The van der Waals surface area contributed by atoms with Crippen LogP contribution in [-0.4, -0.2) is 19.0 Å². The highest BCUT2D eigenvalue weighted by Gasteiger charge is 2.10. The molecule has 0 radical (unpaired) electrons. The van der Waals surface area contributed by atoms with Gasteiger partial charge in [0.25, 0.3) is 0 Å². The molecule has 2 aromatic carbocycles. The standard InChI is InChI=1S/C16H16ClN3O/c1-11-2-7-15(21-13-5-3-12(17)4-6-13)14(10-11)20-16-18-8-9-19-16/h2-7,10H,8-9H2,1H3,(H2,18,19,20). The van der Waals surface area contributed by atoms with Gasteiger partial charge in [0, 0.05) is 11.6 Å². The van der Waals surface area contributed by atoms with E-state index in [0.717, 1.165) is 41.8 Å². The maximum Gasteiger partial charge on any atom is 0.196 e. The average molecular weight is 302 g/mol. The van der Waals surface area contributed by atoms with Crippen molar-refractivity contribution < 1.29 is 4.74 Å². The highest BCUT2D eigenvalue weighted by Crippen LogP contribution is 2.31. The van der Waals surface area contributed by atoms with Gasteiger partial charge in [0.05, 0.1) is 12.2 Å². The molecule has 1 aliphatic heterocycles. The molecular formula is C16H16ClN3O. The molecular weight excluding hydrogens is 286 g/mol. The van der Waals surface area contributed by atoms with E-state index in [1.54, 1.807) is 12.1 Å². The van der Waals surface area contributed by atoms with Crippen molar-refractivity contribution >= 4 is 23.2 Å². The fourth-order valence-corrected chi connectivity index (χ4v) is 2.20. The molecule has 4 nitrogen and oxygen atoms in total. The van der Waals surface area contributed by atoms with Crippen molar-refractivity contribution in [3.8, 4) is 11.5 Å². The van der Waals surface area contributed by atoms with Gasteiger partial charge >= 0.3 is 0 Å². The number of anilines is 1. The molecule has 0 aromatic heterocycles. The first-order valence-corrected chi connectivity index (χ1v) is 7.18. The lowest BCUT2D eigenvalue weighted by Gasteiger charge is -2.14. The molecule has 108 valence electrons.